The third-order valence-electron chi connectivity index (χ3n) is 3.12. The van der Waals surface area contributed by atoms with E-state index in [-0.39, 0.29) is 6.61 Å². The molecule has 2 atom stereocenters. The van der Waals surface area contributed by atoms with Crippen molar-refractivity contribution in [1.29, 1.82) is 0 Å². The SMILES string of the molecule is C=CC(C)(CO)C(O)CCc1ccccc1. The Morgan fingerprint density at radius 3 is 2.50 bits per heavy atom. The topological polar surface area (TPSA) is 40.5 Å². The molecule has 2 nitrogen and oxygen atoms in total. The highest BCUT2D eigenvalue weighted by atomic mass is 16.3. The summed E-state index contributed by atoms with van der Waals surface area (Å²) in [6.45, 7) is 5.40. The van der Waals surface area contributed by atoms with Gasteiger partial charge >= 0.3 is 0 Å². The predicted octanol–water partition coefficient (Wildman–Crippen LogP) is 2.16. The smallest absolute Gasteiger partial charge is 0.0653 e. The van der Waals surface area contributed by atoms with Gasteiger partial charge in [-0.25, -0.2) is 0 Å². The Balaban J connectivity index is 2.52. The maximum atomic E-state index is 10.00. The van der Waals surface area contributed by atoms with Crippen molar-refractivity contribution in [3.05, 3.63) is 48.6 Å². The van der Waals surface area contributed by atoms with E-state index in [1.54, 1.807) is 6.08 Å². The van der Waals surface area contributed by atoms with Crippen LogP contribution < -0.4 is 0 Å². The highest BCUT2D eigenvalue weighted by Crippen LogP contribution is 2.25. The molecule has 2 N–H and O–H groups in total. The summed E-state index contributed by atoms with van der Waals surface area (Å²) in [6, 6.07) is 10.0. The molecule has 0 amide bonds. The van der Waals surface area contributed by atoms with Crippen molar-refractivity contribution in [3.63, 3.8) is 0 Å². The Morgan fingerprint density at radius 2 is 2.00 bits per heavy atom. The molecule has 1 aromatic rings. The lowest BCUT2D eigenvalue weighted by molar-refractivity contribution is 0.0229. The Labute approximate surface area is 97.2 Å². The van der Waals surface area contributed by atoms with Gasteiger partial charge in [0.05, 0.1) is 12.7 Å². The van der Waals surface area contributed by atoms with Gasteiger partial charge in [0.1, 0.15) is 0 Å². The van der Waals surface area contributed by atoms with Crippen LogP contribution in [0.2, 0.25) is 0 Å². The van der Waals surface area contributed by atoms with Crippen LogP contribution in [0, 0.1) is 5.41 Å². The van der Waals surface area contributed by atoms with Crippen LogP contribution in [-0.2, 0) is 6.42 Å². The molecule has 1 rings (SSSR count). The van der Waals surface area contributed by atoms with E-state index >= 15 is 0 Å². The summed E-state index contributed by atoms with van der Waals surface area (Å²) in [5, 5.41) is 19.2. The van der Waals surface area contributed by atoms with Crippen molar-refractivity contribution in [3.8, 4) is 0 Å². The molecule has 0 aromatic heterocycles. The quantitative estimate of drug-likeness (QED) is 0.721. The number of aliphatic hydroxyl groups excluding tert-OH is 2. The molecule has 2 heteroatoms. The minimum atomic E-state index is -0.602. The summed E-state index contributed by atoms with van der Waals surface area (Å²) in [5.41, 5.74) is 0.598. The van der Waals surface area contributed by atoms with Gasteiger partial charge < -0.3 is 10.2 Å². The van der Waals surface area contributed by atoms with Crippen molar-refractivity contribution in [2.24, 2.45) is 5.41 Å². The first kappa shape index (κ1) is 12.9. The summed E-state index contributed by atoms with van der Waals surface area (Å²) in [6.07, 6.45) is 2.51. The third-order valence-corrected chi connectivity index (χ3v) is 3.12. The first-order chi connectivity index (χ1) is 7.62. The second-order valence-electron chi connectivity index (χ2n) is 4.41. The van der Waals surface area contributed by atoms with E-state index < -0.39 is 11.5 Å². The number of hydrogen-bond donors (Lipinski definition) is 2. The first-order valence-corrected chi connectivity index (χ1v) is 5.59. The van der Waals surface area contributed by atoms with E-state index in [0.717, 1.165) is 6.42 Å². The van der Waals surface area contributed by atoms with Crippen molar-refractivity contribution in [1.82, 2.24) is 0 Å². The molecule has 0 bridgehead atoms. The van der Waals surface area contributed by atoms with Crippen LogP contribution in [0.25, 0.3) is 0 Å². The number of rotatable bonds is 6. The molecule has 16 heavy (non-hydrogen) atoms. The molecule has 1 aromatic carbocycles. The summed E-state index contributed by atoms with van der Waals surface area (Å²) < 4.78 is 0. The fourth-order valence-corrected chi connectivity index (χ4v) is 1.58. The van der Waals surface area contributed by atoms with Crippen molar-refractivity contribution < 1.29 is 10.2 Å². The van der Waals surface area contributed by atoms with Gasteiger partial charge in [0, 0.05) is 5.41 Å². The molecule has 0 aliphatic rings. The molecule has 0 radical (unpaired) electrons. The van der Waals surface area contributed by atoms with E-state index in [4.69, 9.17) is 0 Å². The van der Waals surface area contributed by atoms with Gasteiger partial charge in [-0.1, -0.05) is 43.3 Å². The zero-order valence-electron chi connectivity index (χ0n) is 9.76. The minimum absolute atomic E-state index is 0.0769. The highest BCUT2D eigenvalue weighted by molar-refractivity contribution is 5.15. The Morgan fingerprint density at radius 1 is 1.38 bits per heavy atom. The van der Waals surface area contributed by atoms with E-state index in [0.29, 0.717) is 6.42 Å². The molecule has 0 saturated carbocycles. The van der Waals surface area contributed by atoms with Crippen LogP contribution >= 0.6 is 0 Å². The number of aryl methyl sites for hydroxylation is 1. The minimum Gasteiger partial charge on any atom is -0.395 e. The number of benzene rings is 1. The summed E-state index contributed by atoms with van der Waals surface area (Å²) in [4.78, 5) is 0. The molecule has 0 aliphatic heterocycles. The zero-order valence-corrected chi connectivity index (χ0v) is 9.76. The maximum Gasteiger partial charge on any atom is 0.0653 e. The largest absolute Gasteiger partial charge is 0.395 e. The van der Waals surface area contributed by atoms with Crippen LogP contribution in [0.5, 0.6) is 0 Å². The molecule has 2 unspecified atom stereocenters. The lowest BCUT2D eigenvalue weighted by atomic mass is 9.82. The van der Waals surface area contributed by atoms with Gasteiger partial charge in [-0.3, -0.25) is 0 Å². The lowest BCUT2D eigenvalue weighted by Gasteiger charge is -2.29. The van der Waals surface area contributed by atoms with Crippen LogP contribution in [0.15, 0.2) is 43.0 Å². The van der Waals surface area contributed by atoms with Crippen LogP contribution in [-0.4, -0.2) is 22.9 Å². The Bertz CT molecular complexity index is 321. The fraction of sp³-hybridized carbons (Fsp3) is 0.429. The average Bonchev–Trinajstić information content (AvgIpc) is 2.36. The van der Waals surface area contributed by atoms with Crippen LogP contribution in [0.1, 0.15) is 18.9 Å². The first-order valence-electron chi connectivity index (χ1n) is 5.59. The Hall–Kier alpha value is -1.12. The van der Waals surface area contributed by atoms with Crippen molar-refractivity contribution >= 4 is 0 Å². The van der Waals surface area contributed by atoms with E-state index in [2.05, 4.69) is 6.58 Å². The lowest BCUT2D eigenvalue weighted by Crippen LogP contribution is -2.34. The second kappa shape index (κ2) is 5.83. The van der Waals surface area contributed by atoms with Crippen LogP contribution in [0.4, 0.5) is 0 Å². The molecule has 0 heterocycles. The van der Waals surface area contributed by atoms with Gasteiger partial charge in [-0.05, 0) is 18.4 Å². The van der Waals surface area contributed by atoms with Crippen molar-refractivity contribution in [2.75, 3.05) is 6.61 Å². The monoisotopic (exact) mass is 220 g/mol. The fourth-order valence-electron chi connectivity index (χ4n) is 1.58. The van der Waals surface area contributed by atoms with Gasteiger partial charge in [-0.15, -0.1) is 6.58 Å². The third kappa shape index (κ3) is 3.19. The van der Waals surface area contributed by atoms with E-state index in [1.165, 1.54) is 5.56 Å². The molecule has 88 valence electrons. The van der Waals surface area contributed by atoms with Gasteiger partial charge in [0.25, 0.3) is 0 Å². The molecule has 0 aliphatic carbocycles. The van der Waals surface area contributed by atoms with Crippen LogP contribution in [0.3, 0.4) is 0 Å². The van der Waals surface area contributed by atoms with Gasteiger partial charge in [0.15, 0.2) is 0 Å². The predicted molar refractivity (Wildman–Crippen MR) is 66.2 cm³/mol. The molecule has 0 fully saturated rings. The van der Waals surface area contributed by atoms with E-state index in [1.807, 2.05) is 37.3 Å². The molecule has 0 saturated heterocycles. The van der Waals surface area contributed by atoms with Crippen molar-refractivity contribution in [2.45, 2.75) is 25.9 Å². The van der Waals surface area contributed by atoms with E-state index in [9.17, 15) is 10.2 Å². The molecular formula is C14H20O2. The number of hydrogen-bond acceptors (Lipinski definition) is 2. The Kier molecular flexibility index (Phi) is 4.71. The maximum absolute atomic E-state index is 10.00. The number of aliphatic hydroxyl groups is 2. The average molecular weight is 220 g/mol. The summed E-state index contributed by atoms with van der Waals surface area (Å²) >= 11 is 0. The standard InChI is InChI=1S/C14H20O2/c1-3-14(2,11-15)13(16)10-9-12-7-5-4-6-8-12/h3-8,13,15-16H,1,9-11H2,2H3. The highest BCUT2D eigenvalue weighted by Gasteiger charge is 2.28. The molecule has 0 spiro atoms. The summed E-state index contributed by atoms with van der Waals surface area (Å²) in [5.74, 6) is 0. The normalized spacial score (nSPS) is 16.4. The zero-order chi connectivity index (χ0) is 12.0. The van der Waals surface area contributed by atoms with Gasteiger partial charge in [0.2, 0.25) is 0 Å². The second-order valence-corrected chi connectivity index (χ2v) is 4.41. The summed E-state index contributed by atoms with van der Waals surface area (Å²) in [7, 11) is 0. The van der Waals surface area contributed by atoms with Gasteiger partial charge in [-0.2, -0.15) is 0 Å². The molecular weight excluding hydrogens is 200 g/mol.